The van der Waals surface area contributed by atoms with Crippen LogP contribution in [0.15, 0.2) is 84.2 Å². The summed E-state index contributed by atoms with van der Waals surface area (Å²) in [5.74, 6) is 0.659. The number of hydrogen-bond donors (Lipinski definition) is 0. The van der Waals surface area contributed by atoms with Gasteiger partial charge in [-0.25, -0.2) is 4.98 Å². The molecule has 5 rings (SSSR count). The number of aryl methyl sites for hydroxylation is 1. The van der Waals surface area contributed by atoms with Crippen LogP contribution in [-0.2, 0) is 11.2 Å². The number of aromatic nitrogens is 1. The van der Waals surface area contributed by atoms with Crippen molar-refractivity contribution in [1.82, 2.24) is 4.98 Å². The fraction of sp³-hybridized carbons (Fsp3) is 0.185. The smallest absolute Gasteiger partial charge is 0.265 e. The monoisotopic (exact) mass is 440 g/mol. The SMILES string of the molecule is CCCc1nc(-c2ccc3c(c2)N(C(c2ccccc2)c2ccccc2)C(=O)CO3)cs1. The summed E-state index contributed by atoms with van der Waals surface area (Å²) in [6.45, 7) is 2.19. The average Bonchev–Trinajstić information content (AvgIpc) is 3.31. The average molecular weight is 441 g/mol. The number of benzene rings is 3. The lowest BCUT2D eigenvalue weighted by Crippen LogP contribution is -2.42. The first-order chi connectivity index (χ1) is 15.7. The highest BCUT2D eigenvalue weighted by Gasteiger charge is 2.34. The number of rotatable bonds is 6. The second kappa shape index (κ2) is 8.97. The molecule has 0 fully saturated rings. The zero-order chi connectivity index (χ0) is 21.9. The number of fused-ring (bicyclic) bond motifs is 1. The number of ether oxygens (including phenoxy) is 1. The Hall–Kier alpha value is -3.44. The molecule has 1 aliphatic rings. The summed E-state index contributed by atoms with van der Waals surface area (Å²) in [5.41, 5.74) is 4.83. The van der Waals surface area contributed by atoms with Crippen molar-refractivity contribution in [2.24, 2.45) is 0 Å². The Kier molecular flexibility index (Phi) is 5.73. The maximum absolute atomic E-state index is 13.3. The van der Waals surface area contributed by atoms with E-state index in [0.717, 1.165) is 45.9 Å². The zero-order valence-electron chi connectivity index (χ0n) is 17.9. The topological polar surface area (TPSA) is 42.4 Å². The standard InChI is InChI=1S/C27H24N2O2S/c1-2-9-25-28-22(18-32-25)21-14-15-24-23(16-21)29(26(30)17-31-24)27(19-10-5-3-6-11-19)20-12-7-4-8-13-20/h3-8,10-16,18,27H,2,9,17H2,1H3. The van der Waals surface area contributed by atoms with E-state index in [2.05, 4.69) is 36.6 Å². The number of carbonyl (C=O) groups is 1. The molecule has 0 saturated carbocycles. The van der Waals surface area contributed by atoms with Crippen LogP contribution >= 0.6 is 11.3 Å². The molecule has 0 radical (unpaired) electrons. The van der Waals surface area contributed by atoms with Gasteiger partial charge in [0.1, 0.15) is 5.75 Å². The Morgan fingerprint density at radius 1 is 1.00 bits per heavy atom. The summed E-state index contributed by atoms with van der Waals surface area (Å²) >= 11 is 1.68. The lowest BCUT2D eigenvalue weighted by Gasteiger charge is -2.36. The molecule has 0 bridgehead atoms. The van der Waals surface area contributed by atoms with Crippen LogP contribution in [-0.4, -0.2) is 17.5 Å². The van der Waals surface area contributed by atoms with Crippen LogP contribution < -0.4 is 9.64 Å². The van der Waals surface area contributed by atoms with Crippen LogP contribution in [0.2, 0.25) is 0 Å². The minimum atomic E-state index is -0.242. The van der Waals surface area contributed by atoms with Gasteiger partial charge in [-0.3, -0.25) is 9.69 Å². The number of thiazole rings is 1. The van der Waals surface area contributed by atoms with Crippen molar-refractivity contribution >= 4 is 22.9 Å². The van der Waals surface area contributed by atoms with E-state index in [1.54, 1.807) is 11.3 Å². The Morgan fingerprint density at radius 2 is 1.69 bits per heavy atom. The van der Waals surface area contributed by atoms with Crippen molar-refractivity contribution in [2.45, 2.75) is 25.8 Å². The third-order valence-electron chi connectivity index (χ3n) is 5.64. The van der Waals surface area contributed by atoms with E-state index in [1.165, 1.54) is 0 Å². The summed E-state index contributed by atoms with van der Waals surface area (Å²) in [6, 6.07) is 26.1. The van der Waals surface area contributed by atoms with Gasteiger partial charge >= 0.3 is 0 Å². The van der Waals surface area contributed by atoms with Crippen molar-refractivity contribution < 1.29 is 9.53 Å². The molecule has 1 aromatic heterocycles. The van der Waals surface area contributed by atoms with Gasteiger partial charge in [0.2, 0.25) is 0 Å². The normalized spacial score (nSPS) is 13.2. The Balaban J connectivity index is 1.63. The largest absolute Gasteiger partial charge is 0.482 e. The predicted molar refractivity (Wildman–Crippen MR) is 129 cm³/mol. The van der Waals surface area contributed by atoms with Gasteiger partial charge in [0.25, 0.3) is 5.91 Å². The van der Waals surface area contributed by atoms with Crippen LogP contribution in [0, 0.1) is 0 Å². The molecular weight excluding hydrogens is 416 g/mol. The number of carbonyl (C=O) groups excluding carboxylic acids is 1. The fourth-order valence-corrected chi connectivity index (χ4v) is 5.06. The molecule has 0 spiro atoms. The molecule has 32 heavy (non-hydrogen) atoms. The third kappa shape index (κ3) is 3.92. The number of nitrogens with zero attached hydrogens (tertiary/aromatic N) is 2. The second-order valence-electron chi connectivity index (χ2n) is 7.84. The molecule has 4 aromatic rings. The highest BCUT2D eigenvalue weighted by atomic mass is 32.1. The van der Waals surface area contributed by atoms with E-state index >= 15 is 0 Å². The van der Waals surface area contributed by atoms with Crippen molar-refractivity contribution in [3.05, 3.63) is 100 Å². The molecule has 160 valence electrons. The fourth-order valence-electron chi connectivity index (χ4n) is 4.15. The van der Waals surface area contributed by atoms with Gasteiger partial charge < -0.3 is 4.74 Å². The zero-order valence-corrected chi connectivity index (χ0v) is 18.7. The van der Waals surface area contributed by atoms with Crippen molar-refractivity contribution in [2.75, 3.05) is 11.5 Å². The third-order valence-corrected chi connectivity index (χ3v) is 6.55. The van der Waals surface area contributed by atoms with Crippen LogP contribution in [0.5, 0.6) is 5.75 Å². The first kappa shape index (κ1) is 20.5. The van der Waals surface area contributed by atoms with Gasteiger partial charge in [-0.05, 0) is 42.2 Å². The molecule has 1 aliphatic heterocycles. The molecule has 1 amide bonds. The van der Waals surface area contributed by atoms with Crippen LogP contribution in [0.25, 0.3) is 11.3 Å². The van der Waals surface area contributed by atoms with E-state index in [9.17, 15) is 4.79 Å². The number of amides is 1. The maximum atomic E-state index is 13.3. The predicted octanol–water partition coefficient (Wildman–Crippen LogP) is 6.28. The summed E-state index contributed by atoms with van der Waals surface area (Å²) in [4.78, 5) is 19.9. The van der Waals surface area contributed by atoms with E-state index in [1.807, 2.05) is 59.5 Å². The molecule has 0 N–H and O–H groups in total. The van der Waals surface area contributed by atoms with Gasteiger partial charge in [0.05, 0.1) is 22.4 Å². The highest BCUT2D eigenvalue weighted by Crippen LogP contribution is 2.42. The van der Waals surface area contributed by atoms with E-state index in [4.69, 9.17) is 9.72 Å². The summed E-state index contributed by atoms with van der Waals surface area (Å²) in [5, 5.41) is 3.23. The van der Waals surface area contributed by atoms with Crippen LogP contribution in [0.1, 0.15) is 35.5 Å². The first-order valence-corrected chi connectivity index (χ1v) is 11.8. The molecule has 0 unspecified atom stereocenters. The Bertz CT molecular complexity index is 1180. The van der Waals surface area contributed by atoms with Gasteiger partial charge in [0.15, 0.2) is 6.61 Å². The van der Waals surface area contributed by atoms with Gasteiger partial charge in [-0.15, -0.1) is 11.3 Å². The Labute approximate surface area is 192 Å². The van der Waals surface area contributed by atoms with Crippen molar-refractivity contribution in [1.29, 1.82) is 0 Å². The van der Waals surface area contributed by atoms with Crippen molar-refractivity contribution in [3.63, 3.8) is 0 Å². The molecule has 2 heterocycles. The summed E-state index contributed by atoms with van der Waals surface area (Å²) in [7, 11) is 0. The molecular formula is C27H24N2O2S. The van der Waals surface area contributed by atoms with Crippen LogP contribution in [0.3, 0.4) is 0 Å². The van der Waals surface area contributed by atoms with Gasteiger partial charge in [-0.2, -0.15) is 0 Å². The molecule has 3 aromatic carbocycles. The lowest BCUT2D eigenvalue weighted by atomic mass is 9.95. The van der Waals surface area contributed by atoms with E-state index in [-0.39, 0.29) is 18.6 Å². The Morgan fingerprint density at radius 3 is 2.34 bits per heavy atom. The number of anilines is 1. The number of hydrogen-bond acceptors (Lipinski definition) is 4. The summed E-state index contributed by atoms with van der Waals surface area (Å²) in [6.07, 6.45) is 2.05. The minimum absolute atomic E-state index is 0.0276. The molecule has 0 atom stereocenters. The minimum Gasteiger partial charge on any atom is -0.482 e. The molecule has 0 saturated heterocycles. The quantitative estimate of drug-likeness (QED) is 0.354. The van der Waals surface area contributed by atoms with E-state index in [0.29, 0.717) is 5.75 Å². The molecule has 5 heteroatoms. The van der Waals surface area contributed by atoms with Gasteiger partial charge in [-0.1, -0.05) is 67.6 Å². The van der Waals surface area contributed by atoms with Crippen molar-refractivity contribution in [3.8, 4) is 17.0 Å². The first-order valence-electron chi connectivity index (χ1n) is 10.9. The van der Waals surface area contributed by atoms with Gasteiger partial charge in [0, 0.05) is 10.9 Å². The van der Waals surface area contributed by atoms with Crippen LogP contribution in [0.4, 0.5) is 5.69 Å². The van der Waals surface area contributed by atoms with E-state index < -0.39 is 0 Å². The lowest BCUT2D eigenvalue weighted by molar-refractivity contribution is -0.121. The molecule has 4 nitrogen and oxygen atoms in total. The second-order valence-corrected chi connectivity index (χ2v) is 8.78. The summed E-state index contributed by atoms with van der Waals surface area (Å²) < 4.78 is 5.81. The molecule has 0 aliphatic carbocycles. The highest BCUT2D eigenvalue weighted by molar-refractivity contribution is 7.09. The maximum Gasteiger partial charge on any atom is 0.265 e.